The summed E-state index contributed by atoms with van der Waals surface area (Å²) in [7, 11) is 0. The maximum Gasteiger partial charge on any atom is 0.239 e. The van der Waals surface area contributed by atoms with Crippen LogP contribution in [0.5, 0.6) is 0 Å². The molecule has 150 valence electrons. The summed E-state index contributed by atoms with van der Waals surface area (Å²) in [6.45, 7) is 0. The lowest BCUT2D eigenvalue weighted by atomic mass is 10.0. The zero-order valence-corrected chi connectivity index (χ0v) is 16.9. The van der Waals surface area contributed by atoms with Crippen molar-refractivity contribution in [2.75, 3.05) is 5.32 Å². The summed E-state index contributed by atoms with van der Waals surface area (Å²) in [6.07, 6.45) is 3.21. The van der Waals surface area contributed by atoms with Gasteiger partial charge in [0.05, 0.1) is 12.0 Å². The van der Waals surface area contributed by atoms with Gasteiger partial charge in [0.1, 0.15) is 11.5 Å². The standard InChI is InChI=1S/C22H14Cl2FN3O2/c23-15-5-6-16(18(25)12-15)21-20(13-7-9-26-10-8-13)22(30-28-21)27-19(29)11-14-3-1-2-4-17(14)24/h1-10,12H,11H2,(H,27,29). The lowest BCUT2D eigenvalue weighted by Gasteiger charge is -2.08. The molecule has 0 unspecified atom stereocenters. The third-order valence-electron chi connectivity index (χ3n) is 4.41. The van der Waals surface area contributed by atoms with Crippen LogP contribution in [-0.4, -0.2) is 16.0 Å². The number of nitrogens with one attached hydrogen (secondary N) is 1. The van der Waals surface area contributed by atoms with Crippen molar-refractivity contribution in [3.63, 3.8) is 0 Å². The van der Waals surface area contributed by atoms with Crippen molar-refractivity contribution < 1.29 is 13.7 Å². The Bertz CT molecular complexity index is 1210. The molecular weight excluding hydrogens is 428 g/mol. The molecule has 0 spiro atoms. The van der Waals surface area contributed by atoms with E-state index in [-0.39, 0.29) is 34.5 Å². The fourth-order valence-corrected chi connectivity index (χ4v) is 3.37. The highest BCUT2D eigenvalue weighted by Gasteiger charge is 2.23. The number of benzene rings is 2. The molecule has 5 nitrogen and oxygen atoms in total. The normalized spacial score (nSPS) is 10.8. The van der Waals surface area contributed by atoms with Crippen LogP contribution in [0.15, 0.2) is 71.5 Å². The third kappa shape index (κ3) is 4.20. The summed E-state index contributed by atoms with van der Waals surface area (Å²) in [4.78, 5) is 16.6. The summed E-state index contributed by atoms with van der Waals surface area (Å²) in [5, 5.41) is 7.47. The van der Waals surface area contributed by atoms with Crippen LogP contribution >= 0.6 is 23.2 Å². The van der Waals surface area contributed by atoms with Crippen LogP contribution in [0.4, 0.5) is 10.3 Å². The number of nitrogens with zero attached hydrogens (tertiary/aromatic N) is 2. The van der Waals surface area contributed by atoms with E-state index in [2.05, 4.69) is 15.5 Å². The quantitative estimate of drug-likeness (QED) is 0.410. The van der Waals surface area contributed by atoms with E-state index in [0.29, 0.717) is 21.7 Å². The molecule has 0 aliphatic heterocycles. The average molecular weight is 442 g/mol. The van der Waals surface area contributed by atoms with E-state index in [9.17, 15) is 9.18 Å². The van der Waals surface area contributed by atoms with E-state index < -0.39 is 5.82 Å². The van der Waals surface area contributed by atoms with Crippen LogP contribution in [0.3, 0.4) is 0 Å². The molecule has 0 fully saturated rings. The number of carbonyl (C=O) groups excluding carboxylic acids is 1. The van der Waals surface area contributed by atoms with E-state index in [1.807, 2.05) is 0 Å². The lowest BCUT2D eigenvalue weighted by molar-refractivity contribution is -0.115. The molecule has 4 aromatic rings. The fraction of sp³-hybridized carbons (Fsp3) is 0.0455. The first kappa shape index (κ1) is 20.1. The van der Waals surface area contributed by atoms with Crippen LogP contribution in [0.25, 0.3) is 22.4 Å². The highest BCUT2D eigenvalue weighted by Crippen LogP contribution is 2.39. The number of hydrogen-bond acceptors (Lipinski definition) is 4. The topological polar surface area (TPSA) is 68.0 Å². The summed E-state index contributed by atoms with van der Waals surface area (Å²) in [5.41, 5.74) is 2.20. The van der Waals surface area contributed by atoms with Gasteiger partial charge in [-0.2, -0.15) is 0 Å². The largest absolute Gasteiger partial charge is 0.337 e. The van der Waals surface area contributed by atoms with Gasteiger partial charge in [-0.3, -0.25) is 15.1 Å². The van der Waals surface area contributed by atoms with Crippen molar-refractivity contribution in [3.8, 4) is 22.4 Å². The smallest absolute Gasteiger partial charge is 0.239 e. The molecular formula is C22H14Cl2FN3O2. The van der Waals surface area contributed by atoms with Crippen LogP contribution in [0.2, 0.25) is 10.0 Å². The van der Waals surface area contributed by atoms with E-state index in [0.717, 1.165) is 0 Å². The highest BCUT2D eigenvalue weighted by molar-refractivity contribution is 6.31. The van der Waals surface area contributed by atoms with Crippen molar-refractivity contribution in [1.29, 1.82) is 0 Å². The molecule has 0 atom stereocenters. The van der Waals surface area contributed by atoms with Crippen molar-refractivity contribution >= 4 is 35.0 Å². The Morgan fingerprint density at radius 1 is 1.07 bits per heavy atom. The number of carbonyl (C=O) groups is 1. The first-order valence-corrected chi connectivity index (χ1v) is 9.67. The molecule has 1 amide bonds. The van der Waals surface area contributed by atoms with Crippen molar-refractivity contribution in [1.82, 2.24) is 10.1 Å². The minimum absolute atomic E-state index is 0.0425. The van der Waals surface area contributed by atoms with Crippen LogP contribution < -0.4 is 5.32 Å². The number of halogens is 3. The predicted octanol–water partition coefficient (Wildman–Crippen LogP) is 6.03. The van der Waals surface area contributed by atoms with Gasteiger partial charge in [-0.15, -0.1) is 0 Å². The number of amides is 1. The highest BCUT2D eigenvalue weighted by atomic mass is 35.5. The molecule has 1 N–H and O–H groups in total. The Labute approximate surface area is 181 Å². The van der Waals surface area contributed by atoms with Gasteiger partial charge in [0.2, 0.25) is 11.8 Å². The molecule has 4 rings (SSSR count). The van der Waals surface area contributed by atoms with Gasteiger partial charge in [0.15, 0.2) is 0 Å². The number of aromatic nitrogens is 2. The second-order valence-corrected chi connectivity index (χ2v) is 7.26. The monoisotopic (exact) mass is 441 g/mol. The summed E-state index contributed by atoms with van der Waals surface area (Å²) < 4.78 is 19.9. The molecule has 2 aromatic carbocycles. The zero-order chi connectivity index (χ0) is 21.1. The van der Waals surface area contributed by atoms with Gasteiger partial charge in [0.25, 0.3) is 0 Å². The van der Waals surface area contributed by atoms with E-state index >= 15 is 0 Å². The molecule has 0 aliphatic carbocycles. The van der Waals surface area contributed by atoms with Crippen molar-refractivity contribution in [3.05, 3.63) is 88.4 Å². The zero-order valence-electron chi connectivity index (χ0n) is 15.4. The van der Waals surface area contributed by atoms with Crippen molar-refractivity contribution in [2.24, 2.45) is 0 Å². The van der Waals surface area contributed by atoms with Gasteiger partial charge >= 0.3 is 0 Å². The van der Waals surface area contributed by atoms with Gasteiger partial charge in [-0.25, -0.2) is 4.39 Å². The van der Waals surface area contributed by atoms with Crippen LogP contribution in [-0.2, 0) is 11.2 Å². The van der Waals surface area contributed by atoms with E-state index in [1.165, 1.54) is 12.1 Å². The van der Waals surface area contributed by atoms with Crippen LogP contribution in [0, 0.1) is 5.82 Å². The predicted molar refractivity (Wildman–Crippen MR) is 114 cm³/mol. The van der Waals surface area contributed by atoms with Crippen molar-refractivity contribution in [2.45, 2.75) is 6.42 Å². The molecule has 8 heteroatoms. The Morgan fingerprint density at radius 3 is 2.57 bits per heavy atom. The molecule has 0 radical (unpaired) electrons. The third-order valence-corrected chi connectivity index (χ3v) is 5.01. The second-order valence-electron chi connectivity index (χ2n) is 6.41. The number of rotatable bonds is 5. The minimum Gasteiger partial charge on any atom is -0.337 e. The first-order chi connectivity index (χ1) is 14.5. The first-order valence-electron chi connectivity index (χ1n) is 8.91. The average Bonchev–Trinajstić information content (AvgIpc) is 3.13. The lowest BCUT2D eigenvalue weighted by Crippen LogP contribution is -2.14. The van der Waals surface area contributed by atoms with E-state index in [4.69, 9.17) is 27.7 Å². The molecule has 0 aliphatic rings. The Hall–Kier alpha value is -3.22. The molecule has 0 bridgehead atoms. The number of anilines is 1. The maximum atomic E-state index is 14.6. The maximum absolute atomic E-state index is 14.6. The van der Waals surface area contributed by atoms with Gasteiger partial charge in [0, 0.05) is 28.0 Å². The van der Waals surface area contributed by atoms with Gasteiger partial charge in [-0.05, 0) is 47.5 Å². The Morgan fingerprint density at radius 2 is 1.83 bits per heavy atom. The Kier molecular flexibility index (Phi) is 5.79. The number of hydrogen-bond donors (Lipinski definition) is 1. The summed E-state index contributed by atoms with van der Waals surface area (Å²) in [6, 6.07) is 14.7. The molecule has 0 saturated carbocycles. The molecule has 30 heavy (non-hydrogen) atoms. The SMILES string of the molecule is O=C(Cc1ccccc1Cl)Nc1onc(-c2ccc(Cl)cc2F)c1-c1ccncc1. The summed E-state index contributed by atoms with van der Waals surface area (Å²) >= 11 is 12.0. The molecule has 0 saturated heterocycles. The minimum atomic E-state index is -0.556. The molecule has 2 heterocycles. The second kappa shape index (κ2) is 8.65. The van der Waals surface area contributed by atoms with Gasteiger partial charge in [-0.1, -0.05) is 46.6 Å². The van der Waals surface area contributed by atoms with Gasteiger partial charge < -0.3 is 4.52 Å². The van der Waals surface area contributed by atoms with E-state index in [1.54, 1.807) is 54.9 Å². The summed E-state index contributed by atoms with van der Waals surface area (Å²) in [5.74, 6) is -0.805. The Balaban J connectivity index is 1.72. The molecule has 2 aromatic heterocycles. The fourth-order valence-electron chi connectivity index (χ4n) is 3.01. The van der Waals surface area contributed by atoms with Crippen LogP contribution in [0.1, 0.15) is 5.56 Å². The number of pyridine rings is 1.